The number of carbonyl (C=O) groups is 5. The van der Waals surface area contributed by atoms with Crippen molar-refractivity contribution >= 4 is 46.7 Å². The van der Waals surface area contributed by atoms with Crippen LogP contribution in [0.3, 0.4) is 0 Å². The summed E-state index contributed by atoms with van der Waals surface area (Å²) in [5.74, 6) is -2.07. The molecule has 4 rings (SSSR count). The number of nitro benzene ring substituents is 1. The molecule has 8 atom stereocenters. The molecule has 0 bridgehead atoms. The molecule has 16 heteroatoms. The number of thiazole rings is 1. The lowest BCUT2D eigenvalue weighted by Gasteiger charge is -2.40. The van der Waals surface area contributed by atoms with Gasteiger partial charge in [-0.25, -0.2) is 4.98 Å². The summed E-state index contributed by atoms with van der Waals surface area (Å²) in [5, 5.41) is 19.4. The van der Waals surface area contributed by atoms with Crippen LogP contribution in [0.4, 0.5) is 5.69 Å². The Morgan fingerprint density at radius 2 is 1.69 bits per heavy atom. The van der Waals surface area contributed by atoms with Gasteiger partial charge in [0.05, 0.1) is 16.9 Å². The smallest absolute Gasteiger partial charge is 0.308 e. The van der Waals surface area contributed by atoms with Crippen LogP contribution in [0.25, 0.3) is 0 Å². The van der Waals surface area contributed by atoms with Gasteiger partial charge in [0.1, 0.15) is 22.8 Å². The molecule has 338 valence electrons. The molecular formula is C45H68N6O9S. The fourth-order valence-electron chi connectivity index (χ4n) is 8.45. The Bertz CT molecular complexity index is 1800. The fraction of sp³-hybridized carbons (Fsp3) is 0.689. The quantitative estimate of drug-likeness (QED) is 0.0744. The zero-order chi connectivity index (χ0) is 45.0. The number of piperidine rings is 1. The summed E-state index contributed by atoms with van der Waals surface area (Å²) in [4.78, 5) is 87.1. The van der Waals surface area contributed by atoms with Crippen LogP contribution in [0.15, 0.2) is 29.6 Å². The minimum Gasteiger partial charge on any atom is -0.462 e. The predicted octanol–water partition coefficient (Wildman–Crippen LogP) is 7.03. The molecule has 0 unspecified atom stereocenters. The van der Waals surface area contributed by atoms with Gasteiger partial charge in [0.25, 0.3) is 11.6 Å². The minimum atomic E-state index is -0.881. The molecule has 0 radical (unpaired) electrons. The molecule has 0 spiro atoms. The van der Waals surface area contributed by atoms with E-state index in [-0.39, 0.29) is 66.0 Å². The molecule has 2 aromatic rings. The second kappa shape index (κ2) is 23.1. The van der Waals surface area contributed by atoms with Crippen molar-refractivity contribution in [2.75, 3.05) is 20.1 Å². The van der Waals surface area contributed by atoms with Gasteiger partial charge < -0.3 is 25.0 Å². The molecule has 2 fully saturated rings. The second-order valence-electron chi connectivity index (χ2n) is 17.6. The van der Waals surface area contributed by atoms with E-state index in [2.05, 4.69) is 27.4 Å². The summed E-state index contributed by atoms with van der Waals surface area (Å²) in [6.45, 7) is 16.2. The standard InChI is InChI=1S/C45H68N6O9S/c1-10-29(6)40(48-42(54)38-22-28(5)20-21-49(38)9)44(55)50(11-2)37(27(3)4)25-39(59-31(8)52)43-47-36(26-61-43)41(53)46-33(24-32-16-18-34(19-17-32)51(57)58)23-30(7)45(56)60-35-14-12-13-15-35/h16-19,26-30,33,35,37-40H,10-15,20-25H2,1-9H3,(H,46,53)(H,48,54)/t28-,29+,30+,33-,37-,38-,39-,40+/m1/s1. The van der Waals surface area contributed by atoms with E-state index in [1.165, 1.54) is 30.4 Å². The Balaban J connectivity index is 1.54. The van der Waals surface area contributed by atoms with E-state index in [1.54, 1.807) is 29.3 Å². The summed E-state index contributed by atoms with van der Waals surface area (Å²) in [6.07, 6.45) is 5.90. The summed E-state index contributed by atoms with van der Waals surface area (Å²) in [5.41, 5.74) is 0.779. The number of hydrogen-bond donors (Lipinski definition) is 2. The number of amides is 3. The maximum absolute atomic E-state index is 14.6. The average molecular weight is 869 g/mol. The number of nitrogens with zero attached hydrogens (tertiary/aromatic N) is 4. The highest BCUT2D eigenvalue weighted by Crippen LogP contribution is 2.32. The van der Waals surface area contributed by atoms with Crippen molar-refractivity contribution in [2.24, 2.45) is 23.7 Å². The van der Waals surface area contributed by atoms with E-state index >= 15 is 0 Å². The average Bonchev–Trinajstić information content (AvgIpc) is 3.93. The van der Waals surface area contributed by atoms with Crippen molar-refractivity contribution < 1.29 is 38.4 Å². The van der Waals surface area contributed by atoms with Gasteiger partial charge in [0.15, 0.2) is 6.10 Å². The number of likely N-dealkylation sites (tertiary alicyclic amines) is 1. The van der Waals surface area contributed by atoms with Gasteiger partial charge >= 0.3 is 11.9 Å². The summed E-state index contributed by atoms with van der Waals surface area (Å²) in [6, 6.07) is 4.04. The number of aromatic nitrogens is 1. The maximum Gasteiger partial charge on any atom is 0.308 e. The molecule has 2 aliphatic rings. The van der Waals surface area contributed by atoms with Gasteiger partial charge in [-0.3, -0.25) is 39.0 Å². The van der Waals surface area contributed by atoms with E-state index in [4.69, 9.17) is 9.47 Å². The zero-order valence-electron chi connectivity index (χ0n) is 37.5. The number of non-ortho nitro benzene ring substituents is 1. The van der Waals surface area contributed by atoms with Crippen molar-refractivity contribution in [1.29, 1.82) is 0 Å². The van der Waals surface area contributed by atoms with Gasteiger partial charge in [-0.2, -0.15) is 0 Å². The molecule has 15 nitrogen and oxygen atoms in total. The van der Waals surface area contributed by atoms with Crippen LogP contribution in [0.1, 0.15) is 140 Å². The molecule has 2 N–H and O–H groups in total. The number of ether oxygens (including phenoxy) is 2. The molecule has 1 aromatic carbocycles. The highest BCUT2D eigenvalue weighted by atomic mass is 32.1. The van der Waals surface area contributed by atoms with Crippen LogP contribution in [-0.4, -0.2) is 99.8 Å². The molecular weight excluding hydrogens is 801 g/mol. The van der Waals surface area contributed by atoms with Crippen molar-refractivity contribution in [3.63, 3.8) is 0 Å². The largest absolute Gasteiger partial charge is 0.462 e. The van der Waals surface area contributed by atoms with Crippen LogP contribution < -0.4 is 10.6 Å². The first-order valence-corrected chi connectivity index (χ1v) is 23.0. The first-order valence-electron chi connectivity index (χ1n) is 22.1. The molecule has 3 amide bonds. The van der Waals surface area contributed by atoms with Crippen LogP contribution in [0.5, 0.6) is 0 Å². The van der Waals surface area contributed by atoms with E-state index in [1.807, 2.05) is 41.7 Å². The minimum absolute atomic E-state index is 0.0548. The summed E-state index contributed by atoms with van der Waals surface area (Å²) < 4.78 is 11.6. The van der Waals surface area contributed by atoms with Crippen LogP contribution >= 0.6 is 11.3 Å². The third kappa shape index (κ3) is 14.0. The Labute approximate surface area is 365 Å². The highest BCUT2D eigenvalue weighted by molar-refractivity contribution is 7.09. The number of carbonyl (C=O) groups excluding carboxylic acids is 5. The van der Waals surface area contributed by atoms with Crippen molar-refractivity contribution in [1.82, 2.24) is 25.4 Å². The van der Waals surface area contributed by atoms with Gasteiger partial charge in [0, 0.05) is 49.5 Å². The van der Waals surface area contributed by atoms with Gasteiger partial charge in [-0.15, -0.1) is 11.3 Å². The van der Waals surface area contributed by atoms with Gasteiger partial charge in [0.2, 0.25) is 11.8 Å². The van der Waals surface area contributed by atoms with Crippen molar-refractivity contribution in [3.05, 3.63) is 56.0 Å². The van der Waals surface area contributed by atoms with Gasteiger partial charge in [-0.1, -0.05) is 60.1 Å². The second-order valence-corrected chi connectivity index (χ2v) is 18.5. The molecule has 1 aromatic heterocycles. The first-order chi connectivity index (χ1) is 28.9. The topological polar surface area (TPSA) is 190 Å². The van der Waals surface area contributed by atoms with Crippen molar-refractivity contribution in [2.45, 2.75) is 156 Å². The molecule has 1 saturated carbocycles. The van der Waals surface area contributed by atoms with E-state index < -0.39 is 46.9 Å². The summed E-state index contributed by atoms with van der Waals surface area (Å²) in [7, 11) is 1.95. The summed E-state index contributed by atoms with van der Waals surface area (Å²) >= 11 is 1.17. The number of nitrogens with one attached hydrogen (secondary N) is 2. The van der Waals surface area contributed by atoms with Crippen LogP contribution in [0.2, 0.25) is 0 Å². The maximum atomic E-state index is 14.6. The number of nitro groups is 1. The number of benzene rings is 1. The van der Waals surface area contributed by atoms with E-state index in [0.717, 1.165) is 50.6 Å². The number of hydrogen-bond acceptors (Lipinski definition) is 12. The molecule has 1 saturated heterocycles. The van der Waals surface area contributed by atoms with E-state index in [0.29, 0.717) is 30.3 Å². The third-order valence-electron chi connectivity index (χ3n) is 12.4. The lowest BCUT2D eigenvalue weighted by Crippen LogP contribution is -2.59. The van der Waals surface area contributed by atoms with Crippen molar-refractivity contribution in [3.8, 4) is 0 Å². The normalized spacial score (nSPS) is 20.2. The molecule has 1 aliphatic heterocycles. The highest BCUT2D eigenvalue weighted by Gasteiger charge is 2.39. The van der Waals surface area contributed by atoms with Crippen LogP contribution in [0, 0.1) is 33.8 Å². The van der Waals surface area contributed by atoms with E-state index in [9.17, 15) is 34.1 Å². The van der Waals surface area contributed by atoms with Gasteiger partial charge in [-0.05, 0) is 95.2 Å². The predicted molar refractivity (Wildman–Crippen MR) is 234 cm³/mol. The third-order valence-corrected chi connectivity index (χ3v) is 13.3. The Morgan fingerprint density at radius 1 is 1.02 bits per heavy atom. The Hall–Kier alpha value is -4.44. The Morgan fingerprint density at radius 3 is 2.28 bits per heavy atom. The lowest BCUT2D eigenvalue weighted by molar-refractivity contribution is -0.384. The monoisotopic (exact) mass is 868 g/mol. The number of rotatable bonds is 21. The molecule has 1 aliphatic carbocycles. The molecule has 61 heavy (non-hydrogen) atoms. The SMILES string of the molecule is CC[C@H](C)[C@H](NC(=O)[C@H]1C[C@H](C)CCN1C)C(=O)N(CC)[C@H](C[C@@H](OC(C)=O)c1nc(C(=O)N[C@@H](Cc2ccc([N+](=O)[O-])cc2)C[C@H](C)C(=O)OC2CCCC2)cs1)C(C)C. The fourth-order valence-corrected chi connectivity index (χ4v) is 9.29. The lowest BCUT2D eigenvalue weighted by atomic mass is 9.90. The number of esters is 2. The zero-order valence-corrected chi connectivity index (χ0v) is 38.3. The van der Waals surface area contributed by atoms with Crippen LogP contribution in [-0.2, 0) is 35.1 Å². The Kier molecular flexibility index (Phi) is 18.7. The number of likely N-dealkylation sites (N-methyl/N-ethyl adjacent to an activating group) is 2. The first kappa shape index (κ1) is 49.2. The molecule has 2 heterocycles.